The maximum Gasteiger partial charge on any atom is 0.418 e. The first-order valence-corrected chi connectivity index (χ1v) is 5.25. The van der Waals surface area contributed by atoms with Crippen LogP contribution in [0.25, 0.3) is 0 Å². The van der Waals surface area contributed by atoms with Crippen molar-refractivity contribution in [3.05, 3.63) is 29.8 Å². The van der Waals surface area contributed by atoms with Crippen molar-refractivity contribution in [1.29, 1.82) is 0 Å². The highest BCUT2D eigenvalue weighted by molar-refractivity contribution is 6.18. The first kappa shape index (κ1) is 13.6. The summed E-state index contributed by atoms with van der Waals surface area (Å²) in [7, 11) is 0. The normalized spacial score (nSPS) is 11.1. The Kier molecular flexibility index (Phi) is 4.62. The van der Waals surface area contributed by atoms with Crippen molar-refractivity contribution < 1.29 is 18.0 Å². The number of nitrogens with one attached hydrogen (secondary N) is 2. The van der Waals surface area contributed by atoms with Crippen molar-refractivity contribution in [1.82, 2.24) is 5.32 Å². The van der Waals surface area contributed by atoms with E-state index in [9.17, 15) is 18.0 Å². The molecule has 1 aromatic carbocycles. The second-order valence-electron chi connectivity index (χ2n) is 3.11. The Labute approximate surface area is 101 Å². The smallest absolute Gasteiger partial charge is 0.337 e. The van der Waals surface area contributed by atoms with E-state index in [1.807, 2.05) is 0 Å². The maximum atomic E-state index is 12.6. The van der Waals surface area contributed by atoms with E-state index < -0.39 is 17.8 Å². The summed E-state index contributed by atoms with van der Waals surface area (Å²) in [5, 5.41) is 4.43. The molecule has 2 N–H and O–H groups in total. The third-order valence-corrected chi connectivity index (χ3v) is 2.05. The third kappa shape index (κ3) is 4.14. The van der Waals surface area contributed by atoms with Crippen molar-refractivity contribution in [3.63, 3.8) is 0 Å². The zero-order valence-electron chi connectivity index (χ0n) is 8.64. The van der Waals surface area contributed by atoms with Crippen LogP contribution in [0.5, 0.6) is 0 Å². The van der Waals surface area contributed by atoms with E-state index in [2.05, 4.69) is 10.6 Å². The van der Waals surface area contributed by atoms with Gasteiger partial charge in [-0.25, -0.2) is 4.79 Å². The first-order chi connectivity index (χ1) is 7.95. The van der Waals surface area contributed by atoms with Crippen LogP contribution >= 0.6 is 11.6 Å². The second kappa shape index (κ2) is 5.77. The molecule has 0 aromatic heterocycles. The topological polar surface area (TPSA) is 41.1 Å². The molecule has 3 nitrogen and oxygen atoms in total. The zero-order chi connectivity index (χ0) is 12.9. The second-order valence-corrected chi connectivity index (χ2v) is 3.49. The molecule has 0 aliphatic rings. The number of hydrogen-bond donors (Lipinski definition) is 2. The highest BCUT2D eigenvalue weighted by Gasteiger charge is 2.33. The molecule has 2 amide bonds. The number of urea groups is 1. The summed E-state index contributed by atoms with van der Waals surface area (Å²) in [6.45, 7) is 0.182. The van der Waals surface area contributed by atoms with E-state index in [1.165, 1.54) is 18.2 Å². The van der Waals surface area contributed by atoms with Crippen LogP contribution in [0.3, 0.4) is 0 Å². The van der Waals surface area contributed by atoms with Crippen LogP contribution in [0.4, 0.5) is 23.7 Å². The van der Waals surface area contributed by atoms with Gasteiger partial charge in [0.15, 0.2) is 0 Å². The van der Waals surface area contributed by atoms with Gasteiger partial charge in [-0.15, -0.1) is 11.6 Å². The molecule has 0 saturated heterocycles. The minimum atomic E-state index is -4.50. The van der Waals surface area contributed by atoms with Crippen LogP contribution < -0.4 is 10.6 Å². The summed E-state index contributed by atoms with van der Waals surface area (Å²) in [5.41, 5.74) is -1.17. The molecular formula is C10H10ClF3N2O. The van der Waals surface area contributed by atoms with Crippen LogP contribution in [0.15, 0.2) is 24.3 Å². The van der Waals surface area contributed by atoms with Gasteiger partial charge in [0.1, 0.15) is 0 Å². The largest absolute Gasteiger partial charge is 0.418 e. The lowest BCUT2D eigenvalue weighted by atomic mass is 10.1. The number of carbonyl (C=O) groups excluding carboxylic acids is 1. The Hall–Kier alpha value is -1.43. The predicted molar refractivity (Wildman–Crippen MR) is 59.2 cm³/mol. The van der Waals surface area contributed by atoms with E-state index >= 15 is 0 Å². The molecule has 0 spiro atoms. The standard InChI is InChI=1S/C10H10ClF3N2O/c11-5-6-15-9(17)16-8-4-2-1-3-7(8)10(12,13)14/h1-4H,5-6H2,(H2,15,16,17). The number of benzene rings is 1. The highest BCUT2D eigenvalue weighted by Crippen LogP contribution is 2.34. The number of para-hydroxylation sites is 1. The molecule has 0 aliphatic heterocycles. The minimum absolute atomic E-state index is 0.182. The fraction of sp³-hybridized carbons (Fsp3) is 0.300. The molecule has 1 rings (SSSR count). The predicted octanol–water partition coefficient (Wildman–Crippen LogP) is 3.07. The molecule has 0 atom stereocenters. The van der Waals surface area contributed by atoms with Gasteiger partial charge in [0, 0.05) is 12.4 Å². The number of rotatable bonds is 3. The number of carbonyl (C=O) groups is 1. The molecule has 0 unspecified atom stereocenters. The summed E-state index contributed by atoms with van der Waals surface area (Å²) in [5.74, 6) is 0.189. The van der Waals surface area contributed by atoms with Gasteiger partial charge in [0.25, 0.3) is 0 Å². The SMILES string of the molecule is O=C(NCCCl)Nc1ccccc1C(F)(F)F. The Bertz CT molecular complexity index is 395. The number of amides is 2. The number of hydrogen-bond acceptors (Lipinski definition) is 1. The molecule has 0 fully saturated rings. The molecule has 1 aromatic rings. The summed E-state index contributed by atoms with van der Waals surface area (Å²) in [4.78, 5) is 11.2. The summed E-state index contributed by atoms with van der Waals surface area (Å²) < 4.78 is 37.7. The lowest BCUT2D eigenvalue weighted by molar-refractivity contribution is -0.136. The zero-order valence-corrected chi connectivity index (χ0v) is 9.40. The van der Waals surface area contributed by atoms with E-state index in [-0.39, 0.29) is 18.1 Å². The third-order valence-electron chi connectivity index (χ3n) is 1.86. The van der Waals surface area contributed by atoms with E-state index in [0.29, 0.717) is 0 Å². The molecule has 0 bridgehead atoms. The lowest BCUT2D eigenvalue weighted by Crippen LogP contribution is -2.31. The average molecular weight is 267 g/mol. The number of halogens is 4. The first-order valence-electron chi connectivity index (χ1n) is 4.72. The van der Waals surface area contributed by atoms with E-state index in [4.69, 9.17) is 11.6 Å². The van der Waals surface area contributed by atoms with E-state index in [0.717, 1.165) is 6.07 Å². The summed E-state index contributed by atoms with van der Waals surface area (Å²) >= 11 is 5.33. The van der Waals surface area contributed by atoms with Crippen LogP contribution in [0, 0.1) is 0 Å². The van der Waals surface area contributed by atoms with Gasteiger partial charge in [0.2, 0.25) is 0 Å². The summed E-state index contributed by atoms with van der Waals surface area (Å²) in [6, 6.07) is 4.03. The van der Waals surface area contributed by atoms with Crippen molar-refractivity contribution in [3.8, 4) is 0 Å². The van der Waals surface area contributed by atoms with Crippen molar-refractivity contribution in [2.45, 2.75) is 6.18 Å². The van der Waals surface area contributed by atoms with Crippen molar-refractivity contribution >= 4 is 23.3 Å². The fourth-order valence-electron chi connectivity index (χ4n) is 1.17. The van der Waals surface area contributed by atoms with Gasteiger partial charge < -0.3 is 10.6 Å². The van der Waals surface area contributed by atoms with Crippen molar-refractivity contribution in [2.75, 3.05) is 17.7 Å². The van der Waals surface area contributed by atoms with Crippen LogP contribution in [-0.2, 0) is 6.18 Å². The molecular weight excluding hydrogens is 257 g/mol. The quantitative estimate of drug-likeness (QED) is 0.811. The van der Waals surface area contributed by atoms with Gasteiger partial charge >= 0.3 is 12.2 Å². The van der Waals surface area contributed by atoms with Gasteiger partial charge in [-0.1, -0.05) is 12.1 Å². The molecule has 0 aliphatic carbocycles. The molecule has 94 valence electrons. The lowest BCUT2D eigenvalue weighted by Gasteiger charge is -2.13. The molecule has 17 heavy (non-hydrogen) atoms. The minimum Gasteiger partial charge on any atom is -0.337 e. The Morgan fingerprint density at radius 2 is 1.94 bits per heavy atom. The highest BCUT2D eigenvalue weighted by atomic mass is 35.5. The van der Waals surface area contributed by atoms with Gasteiger partial charge in [-0.05, 0) is 12.1 Å². The monoisotopic (exact) mass is 266 g/mol. The van der Waals surface area contributed by atoms with Crippen molar-refractivity contribution in [2.24, 2.45) is 0 Å². The number of anilines is 1. The summed E-state index contributed by atoms with van der Waals surface area (Å²) in [6.07, 6.45) is -4.50. The molecule has 0 saturated carbocycles. The Balaban J connectivity index is 2.81. The molecule has 7 heteroatoms. The van der Waals surface area contributed by atoms with Gasteiger partial charge in [0.05, 0.1) is 11.3 Å². The fourth-order valence-corrected chi connectivity index (χ4v) is 1.26. The Morgan fingerprint density at radius 1 is 1.29 bits per heavy atom. The average Bonchev–Trinajstić information content (AvgIpc) is 2.25. The van der Waals surface area contributed by atoms with Gasteiger partial charge in [-0.3, -0.25) is 0 Å². The molecule has 0 radical (unpaired) electrons. The molecule has 0 heterocycles. The van der Waals surface area contributed by atoms with Gasteiger partial charge in [-0.2, -0.15) is 13.2 Å². The number of alkyl halides is 4. The van der Waals surface area contributed by atoms with Crippen LogP contribution in [0.1, 0.15) is 5.56 Å². The van der Waals surface area contributed by atoms with Crippen LogP contribution in [0.2, 0.25) is 0 Å². The van der Waals surface area contributed by atoms with Crippen LogP contribution in [-0.4, -0.2) is 18.5 Å². The maximum absolute atomic E-state index is 12.6. The van der Waals surface area contributed by atoms with E-state index in [1.54, 1.807) is 0 Å². The Morgan fingerprint density at radius 3 is 2.53 bits per heavy atom.